The molecular formula is C13H24N4O9. The number of carbonyl (C=O) groups excluding carboxylic acids is 1. The molecule has 13 heteroatoms. The quantitative estimate of drug-likeness (QED) is 0.0847. The average Bonchev–Trinajstić information content (AvgIpc) is 2.50. The monoisotopic (exact) mass is 380 g/mol. The van der Waals surface area contributed by atoms with Gasteiger partial charge < -0.3 is 41.9 Å². The Hall–Kier alpha value is -2.93. The highest BCUT2D eigenvalue weighted by molar-refractivity contribution is 5.88. The first-order valence-corrected chi connectivity index (χ1v) is 7.16. The van der Waals surface area contributed by atoms with Crippen LogP contribution in [-0.4, -0.2) is 75.6 Å². The van der Waals surface area contributed by atoms with Crippen LogP contribution in [0.3, 0.4) is 0 Å². The Morgan fingerprint density at radius 2 is 1.73 bits per heavy atom. The largest absolute Gasteiger partial charge is 0.481 e. The molecule has 0 aliphatic heterocycles. The van der Waals surface area contributed by atoms with Crippen LogP contribution in [0.4, 0.5) is 0 Å². The van der Waals surface area contributed by atoms with Crippen LogP contribution in [-0.2, 0) is 23.9 Å². The van der Waals surface area contributed by atoms with Gasteiger partial charge in [0, 0.05) is 6.54 Å². The van der Waals surface area contributed by atoms with Gasteiger partial charge in [-0.1, -0.05) is 0 Å². The van der Waals surface area contributed by atoms with E-state index >= 15 is 0 Å². The van der Waals surface area contributed by atoms with Crippen LogP contribution in [0.1, 0.15) is 25.7 Å². The summed E-state index contributed by atoms with van der Waals surface area (Å²) in [7, 11) is 1.01. The standard InChI is InChI=1S/C7H10O7.C6H14N4O2/c1-14-5(10)3-7(13,6(11)12)2-4(8)9;7-4(5(11)12)2-1-3-10-6(8)9/h13H,2-3H2,1H3,(H,8,9)(H,11,12);4H,1-3,7H2,(H,11,12)(H4,8,9,10). The Kier molecular flexibility index (Phi) is 12.1. The summed E-state index contributed by atoms with van der Waals surface area (Å²) in [6.07, 6.45) is -0.981. The highest BCUT2D eigenvalue weighted by atomic mass is 16.5. The van der Waals surface area contributed by atoms with Gasteiger partial charge in [0.05, 0.1) is 20.0 Å². The van der Waals surface area contributed by atoms with E-state index in [1.165, 1.54) is 0 Å². The molecule has 10 N–H and O–H groups in total. The Morgan fingerprint density at radius 1 is 1.19 bits per heavy atom. The van der Waals surface area contributed by atoms with Crippen molar-refractivity contribution < 1.29 is 44.3 Å². The lowest BCUT2D eigenvalue weighted by atomic mass is 9.96. The fraction of sp³-hybridized carbons (Fsp3) is 0.615. The van der Waals surface area contributed by atoms with Crippen LogP contribution < -0.4 is 16.8 Å². The summed E-state index contributed by atoms with van der Waals surface area (Å²) in [4.78, 5) is 41.6. The van der Waals surface area contributed by atoms with Crippen molar-refractivity contribution in [3.05, 3.63) is 0 Å². The van der Waals surface area contributed by atoms with E-state index in [2.05, 4.69) is 10.1 Å². The summed E-state index contributed by atoms with van der Waals surface area (Å²) in [5, 5.41) is 43.8. The molecule has 0 radical (unpaired) electrons. The summed E-state index contributed by atoms with van der Waals surface area (Å²) >= 11 is 0. The summed E-state index contributed by atoms with van der Waals surface area (Å²) in [6.45, 7) is 0.482. The highest BCUT2D eigenvalue weighted by Crippen LogP contribution is 2.16. The number of aliphatic hydroxyl groups is 1. The van der Waals surface area contributed by atoms with E-state index in [1.54, 1.807) is 0 Å². The van der Waals surface area contributed by atoms with Crippen molar-refractivity contribution >= 4 is 29.8 Å². The number of carboxylic acids is 3. The van der Waals surface area contributed by atoms with E-state index in [9.17, 15) is 24.3 Å². The average molecular weight is 380 g/mol. The lowest BCUT2D eigenvalue weighted by Gasteiger charge is -2.19. The molecule has 0 saturated heterocycles. The van der Waals surface area contributed by atoms with Gasteiger partial charge in [0.2, 0.25) is 0 Å². The number of ether oxygens (including phenoxy) is 1. The number of rotatable bonds is 10. The van der Waals surface area contributed by atoms with Crippen molar-refractivity contribution in [2.75, 3.05) is 13.7 Å². The number of carbonyl (C=O) groups is 4. The maximum atomic E-state index is 10.7. The predicted molar refractivity (Wildman–Crippen MR) is 86.2 cm³/mol. The number of methoxy groups -OCH3 is 1. The molecule has 150 valence electrons. The van der Waals surface area contributed by atoms with Gasteiger partial charge in [-0.2, -0.15) is 0 Å². The molecule has 0 heterocycles. The zero-order chi connectivity index (χ0) is 20.9. The molecule has 13 nitrogen and oxygen atoms in total. The van der Waals surface area contributed by atoms with E-state index in [0.29, 0.717) is 19.4 Å². The number of carboxylic acid groups (broad SMARTS) is 3. The van der Waals surface area contributed by atoms with E-state index in [4.69, 9.17) is 32.2 Å². The van der Waals surface area contributed by atoms with E-state index in [-0.39, 0.29) is 5.96 Å². The molecule has 26 heavy (non-hydrogen) atoms. The summed E-state index contributed by atoms with van der Waals surface area (Å²) in [5.74, 6) is -5.39. The van der Waals surface area contributed by atoms with Crippen LogP contribution in [0, 0.1) is 5.41 Å². The number of nitrogens with two attached hydrogens (primary N) is 2. The van der Waals surface area contributed by atoms with Crippen LogP contribution in [0.5, 0.6) is 0 Å². The van der Waals surface area contributed by atoms with Gasteiger partial charge in [-0.25, -0.2) is 4.79 Å². The molecule has 0 aliphatic rings. The first-order valence-electron chi connectivity index (χ1n) is 7.16. The number of hydrogen-bond donors (Lipinski definition) is 8. The molecular weight excluding hydrogens is 356 g/mol. The second-order valence-corrected chi connectivity index (χ2v) is 5.09. The first-order chi connectivity index (χ1) is 11.9. The number of hydrogen-bond acceptors (Lipinski definition) is 8. The van der Waals surface area contributed by atoms with Crippen molar-refractivity contribution in [1.82, 2.24) is 5.32 Å². The molecule has 0 amide bonds. The molecule has 2 unspecified atom stereocenters. The lowest BCUT2D eigenvalue weighted by molar-refractivity contribution is -0.171. The summed E-state index contributed by atoms with van der Waals surface area (Å²) < 4.78 is 4.12. The van der Waals surface area contributed by atoms with Crippen LogP contribution in [0.2, 0.25) is 0 Å². The highest BCUT2D eigenvalue weighted by Gasteiger charge is 2.41. The van der Waals surface area contributed by atoms with Gasteiger partial charge in [0.1, 0.15) is 6.04 Å². The van der Waals surface area contributed by atoms with Gasteiger partial charge >= 0.3 is 23.9 Å². The molecule has 0 bridgehead atoms. The third-order valence-electron chi connectivity index (χ3n) is 2.83. The SMILES string of the molecule is COC(=O)CC(O)(CC(=O)O)C(=O)O.N=C(N)NCCCC(N)C(=O)O. The van der Waals surface area contributed by atoms with Crippen molar-refractivity contribution in [1.29, 1.82) is 5.41 Å². The van der Waals surface area contributed by atoms with Crippen LogP contribution >= 0.6 is 0 Å². The van der Waals surface area contributed by atoms with E-state index < -0.39 is 48.4 Å². The topological polar surface area (TPSA) is 246 Å². The van der Waals surface area contributed by atoms with Crippen molar-refractivity contribution in [3.8, 4) is 0 Å². The Labute approximate surface area is 148 Å². The molecule has 0 aromatic rings. The Morgan fingerprint density at radius 3 is 2.08 bits per heavy atom. The van der Waals surface area contributed by atoms with Crippen molar-refractivity contribution in [2.45, 2.75) is 37.3 Å². The van der Waals surface area contributed by atoms with Gasteiger partial charge in [-0.15, -0.1) is 0 Å². The summed E-state index contributed by atoms with van der Waals surface area (Å²) in [5.41, 5.74) is 7.60. The second-order valence-electron chi connectivity index (χ2n) is 5.09. The fourth-order valence-electron chi connectivity index (χ4n) is 1.44. The van der Waals surface area contributed by atoms with Crippen LogP contribution in [0.15, 0.2) is 0 Å². The van der Waals surface area contributed by atoms with Crippen LogP contribution in [0.25, 0.3) is 0 Å². The third kappa shape index (κ3) is 12.5. The molecule has 0 aliphatic carbocycles. The zero-order valence-electron chi connectivity index (χ0n) is 14.1. The summed E-state index contributed by atoms with van der Waals surface area (Å²) in [6, 6.07) is -0.821. The number of esters is 1. The van der Waals surface area contributed by atoms with Gasteiger partial charge in [0.25, 0.3) is 0 Å². The molecule has 0 spiro atoms. The molecule has 0 saturated carbocycles. The minimum absolute atomic E-state index is 0.112. The first kappa shape index (κ1) is 25.3. The molecule has 2 atom stereocenters. The Bertz CT molecular complexity index is 526. The predicted octanol–water partition coefficient (Wildman–Crippen LogP) is -2.50. The van der Waals surface area contributed by atoms with E-state index in [1.807, 2.05) is 0 Å². The molecule has 0 aromatic carbocycles. The lowest BCUT2D eigenvalue weighted by Crippen LogP contribution is -2.42. The molecule has 0 aromatic heterocycles. The fourth-order valence-corrected chi connectivity index (χ4v) is 1.44. The van der Waals surface area contributed by atoms with Gasteiger partial charge in [0.15, 0.2) is 11.6 Å². The van der Waals surface area contributed by atoms with Gasteiger partial charge in [-0.3, -0.25) is 19.8 Å². The zero-order valence-corrected chi connectivity index (χ0v) is 14.1. The number of guanidine groups is 1. The van der Waals surface area contributed by atoms with E-state index in [0.717, 1.165) is 7.11 Å². The third-order valence-corrected chi connectivity index (χ3v) is 2.83. The molecule has 0 fully saturated rings. The second kappa shape index (κ2) is 12.4. The number of nitrogens with one attached hydrogen (secondary N) is 2. The van der Waals surface area contributed by atoms with Crippen molar-refractivity contribution in [2.24, 2.45) is 11.5 Å². The smallest absolute Gasteiger partial charge is 0.336 e. The normalized spacial score (nSPS) is 13.2. The van der Waals surface area contributed by atoms with Crippen molar-refractivity contribution in [3.63, 3.8) is 0 Å². The minimum atomic E-state index is -2.61. The number of aliphatic carboxylic acids is 3. The maximum absolute atomic E-state index is 10.7. The Balaban J connectivity index is 0. The van der Waals surface area contributed by atoms with Gasteiger partial charge in [-0.05, 0) is 12.8 Å². The molecule has 0 rings (SSSR count). The maximum Gasteiger partial charge on any atom is 0.336 e. The minimum Gasteiger partial charge on any atom is -0.481 e.